The lowest BCUT2D eigenvalue weighted by molar-refractivity contribution is 0.0243. The average Bonchev–Trinajstić information content (AvgIpc) is 2.49. The minimum absolute atomic E-state index is 0.216. The second-order valence-corrected chi connectivity index (χ2v) is 8.01. The fourth-order valence-corrected chi connectivity index (χ4v) is 2.92. The van der Waals surface area contributed by atoms with Gasteiger partial charge in [0.2, 0.25) is 0 Å². The van der Waals surface area contributed by atoms with Crippen molar-refractivity contribution < 1.29 is 9.53 Å². The Morgan fingerprint density at radius 2 is 1.83 bits per heavy atom. The van der Waals surface area contributed by atoms with Gasteiger partial charge in [-0.05, 0) is 78.4 Å². The lowest BCUT2D eigenvalue weighted by Gasteiger charge is -2.30. The van der Waals surface area contributed by atoms with Gasteiger partial charge in [0.1, 0.15) is 5.60 Å². The lowest BCUT2D eigenvalue weighted by Crippen LogP contribution is -2.38. The second-order valence-electron chi connectivity index (χ2n) is 8.01. The van der Waals surface area contributed by atoms with Crippen LogP contribution in [0.25, 0.3) is 0 Å². The summed E-state index contributed by atoms with van der Waals surface area (Å²) in [5.74, 6) is 3.51. The summed E-state index contributed by atoms with van der Waals surface area (Å²) < 4.78 is 5.51. The Kier molecular flexibility index (Phi) is 9.21. The summed E-state index contributed by atoms with van der Waals surface area (Å²) in [5, 5.41) is 0. The number of amides is 1. The quantitative estimate of drug-likeness (QED) is 0.493. The van der Waals surface area contributed by atoms with Crippen molar-refractivity contribution in [2.45, 2.75) is 71.8 Å². The van der Waals surface area contributed by atoms with E-state index in [0.717, 1.165) is 38.3 Å². The fraction of sp³-hybridized carbons (Fsp3) is 0.850. The van der Waals surface area contributed by atoms with Crippen molar-refractivity contribution in [1.82, 2.24) is 9.80 Å². The van der Waals surface area contributed by atoms with Gasteiger partial charge in [0.25, 0.3) is 0 Å². The maximum atomic E-state index is 12.3. The summed E-state index contributed by atoms with van der Waals surface area (Å²) in [7, 11) is 0. The van der Waals surface area contributed by atoms with Crippen LogP contribution in [0.15, 0.2) is 0 Å². The highest BCUT2D eigenvalue weighted by Gasteiger charge is 2.21. The Labute approximate surface area is 148 Å². The molecule has 0 aromatic heterocycles. The molecule has 4 heteroatoms. The number of piperidine rings is 1. The largest absolute Gasteiger partial charge is 0.444 e. The summed E-state index contributed by atoms with van der Waals surface area (Å²) in [6, 6.07) is 0. The van der Waals surface area contributed by atoms with Crippen LogP contribution < -0.4 is 0 Å². The summed E-state index contributed by atoms with van der Waals surface area (Å²) in [6.45, 7) is 13.1. The van der Waals surface area contributed by atoms with Crippen LogP contribution in [0, 0.1) is 18.3 Å². The molecule has 1 aliphatic heterocycles. The highest BCUT2D eigenvalue weighted by Crippen LogP contribution is 2.16. The number of rotatable bonds is 8. The topological polar surface area (TPSA) is 32.8 Å². The van der Waals surface area contributed by atoms with E-state index in [0.29, 0.717) is 13.0 Å². The first kappa shape index (κ1) is 20.8. The van der Waals surface area contributed by atoms with Crippen LogP contribution in [0.1, 0.15) is 66.2 Å². The van der Waals surface area contributed by atoms with Crippen molar-refractivity contribution in [3.63, 3.8) is 0 Å². The Bertz CT molecular complexity index is 401. The van der Waals surface area contributed by atoms with Gasteiger partial charge in [0.05, 0.1) is 0 Å². The van der Waals surface area contributed by atoms with Gasteiger partial charge in [-0.2, -0.15) is 0 Å². The van der Waals surface area contributed by atoms with Gasteiger partial charge in [-0.1, -0.05) is 6.92 Å². The molecule has 0 bridgehead atoms. The number of ether oxygens (including phenoxy) is 1. The molecule has 0 aromatic rings. The first-order chi connectivity index (χ1) is 11.3. The number of carbonyl (C=O) groups excluding carboxylic acids is 1. The van der Waals surface area contributed by atoms with Gasteiger partial charge >= 0.3 is 6.09 Å². The molecule has 1 amide bonds. The van der Waals surface area contributed by atoms with Gasteiger partial charge in [0.15, 0.2) is 0 Å². The molecule has 0 atom stereocenters. The zero-order chi connectivity index (χ0) is 18.0. The predicted octanol–water partition coefficient (Wildman–Crippen LogP) is 4.15. The van der Waals surface area contributed by atoms with Crippen LogP contribution in [-0.4, -0.2) is 54.2 Å². The second kappa shape index (κ2) is 10.6. The Balaban J connectivity index is 2.32. The molecule has 1 aliphatic rings. The summed E-state index contributed by atoms with van der Waals surface area (Å²) >= 11 is 0. The highest BCUT2D eigenvalue weighted by molar-refractivity contribution is 5.68. The molecule has 4 nitrogen and oxygen atoms in total. The van der Waals surface area contributed by atoms with Crippen LogP contribution in [-0.2, 0) is 4.74 Å². The molecule has 0 N–H and O–H groups in total. The minimum Gasteiger partial charge on any atom is -0.444 e. The van der Waals surface area contributed by atoms with Crippen molar-refractivity contribution >= 4 is 6.09 Å². The van der Waals surface area contributed by atoms with E-state index in [1.807, 2.05) is 25.7 Å². The molecule has 1 heterocycles. The number of likely N-dealkylation sites (tertiary alicyclic amines) is 1. The number of hydrogen-bond acceptors (Lipinski definition) is 3. The van der Waals surface area contributed by atoms with E-state index in [1.54, 1.807) is 0 Å². The predicted molar refractivity (Wildman–Crippen MR) is 99.9 cm³/mol. The molecule has 1 fully saturated rings. The van der Waals surface area contributed by atoms with Gasteiger partial charge < -0.3 is 14.5 Å². The van der Waals surface area contributed by atoms with E-state index in [1.165, 1.54) is 25.9 Å². The molecule has 1 saturated heterocycles. The number of nitrogens with zero attached hydrogens (tertiary/aromatic N) is 2. The van der Waals surface area contributed by atoms with E-state index in [4.69, 9.17) is 11.2 Å². The minimum atomic E-state index is -0.452. The molecule has 1 rings (SSSR count). The van der Waals surface area contributed by atoms with Gasteiger partial charge in [-0.25, -0.2) is 4.79 Å². The van der Waals surface area contributed by atoms with Crippen molar-refractivity contribution in [2.75, 3.05) is 32.7 Å². The van der Waals surface area contributed by atoms with Crippen molar-refractivity contribution in [3.8, 4) is 12.3 Å². The zero-order valence-corrected chi connectivity index (χ0v) is 16.1. The SMILES string of the molecule is C#CCCCN(CCCCN1CCC(C)CC1)C(=O)OC(C)(C)C. The molecule has 0 unspecified atom stereocenters. The lowest BCUT2D eigenvalue weighted by atomic mass is 9.99. The van der Waals surface area contributed by atoms with Crippen molar-refractivity contribution in [1.29, 1.82) is 0 Å². The third kappa shape index (κ3) is 9.17. The molecule has 0 saturated carbocycles. The Morgan fingerprint density at radius 3 is 2.42 bits per heavy atom. The van der Waals surface area contributed by atoms with Gasteiger partial charge in [-0.15, -0.1) is 12.3 Å². The summed E-state index contributed by atoms with van der Waals surface area (Å²) in [6.07, 6.45) is 11.4. The zero-order valence-electron chi connectivity index (χ0n) is 16.1. The summed E-state index contributed by atoms with van der Waals surface area (Å²) in [5.41, 5.74) is -0.452. The van der Waals surface area contributed by atoms with Crippen LogP contribution in [0.2, 0.25) is 0 Å². The van der Waals surface area contributed by atoms with E-state index >= 15 is 0 Å². The standard InChI is InChI=1S/C20H36N2O2/c1-6-7-8-14-22(19(23)24-20(3,4)5)15-10-9-13-21-16-11-18(2)12-17-21/h1,18H,7-17H2,2-5H3. The molecule has 0 aliphatic carbocycles. The Hall–Kier alpha value is -1.21. The molecule has 0 aromatic carbocycles. The number of unbranched alkanes of at least 4 members (excludes halogenated alkanes) is 2. The molecule has 0 spiro atoms. The summed E-state index contributed by atoms with van der Waals surface area (Å²) in [4.78, 5) is 16.7. The van der Waals surface area contributed by atoms with Crippen LogP contribution >= 0.6 is 0 Å². The molecular formula is C20H36N2O2. The van der Waals surface area contributed by atoms with Crippen molar-refractivity contribution in [2.24, 2.45) is 5.92 Å². The van der Waals surface area contributed by atoms with Gasteiger partial charge in [0, 0.05) is 19.5 Å². The first-order valence-electron chi connectivity index (χ1n) is 9.45. The number of hydrogen-bond donors (Lipinski definition) is 0. The smallest absolute Gasteiger partial charge is 0.410 e. The maximum absolute atomic E-state index is 12.3. The third-order valence-electron chi connectivity index (χ3n) is 4.43. The monoisotopic (exact) mass is 336 g/mol. The normalized spacial score (nSPS) is 16.6. The van der Waals surface area contributed by atoms with E-state index < -0.39 is 5.60 Å². The van der Waals surface area contributed by atoms with E-state index in [-0.39, 0.29) is 6.09 Å². The number of carbonyl (C=O) groups is 1. The van der Waals surface area contributed by atoms with Crippen molar-refractivity contribution in [3.05, 3.63) is 0 Å². The molecule has 24 heavy (non-hydrogen) atoms. The number of terminal acetylenes is 1. The van der Waals surface area contributed by atoms with Gasteiger partial charge in [-0.3, -0.25) is 0 Å². The third-order valence-corrected chi connectivity index (χ3v) is 4.43. The van der Waals surface area contributed by atoms with E-state index in [9.17, 15) is 4.79 Å². The van der Waals surface area contributed by atoms with Crippen LogP contribution in [0.5, 0.6) is 0 Å². The first-order valence-corrected chi connectivity index (χ1v) is 9.45. The molecular weight excluding hydrogens is 300 g/mol. The average molecular weight is 337 g/mol. The molecule has 0 radical (unpaired) electrons. The van der Waals surface area contributed by atoms with E-state index in [2.05, 4.69) is 17.7 Å². The Morgan fingerprint density at radius 1 is 1.21 bits per heavy atom. The maximum Gasteiger partial charge on any atom is 0.410 e. The highest BCUT2D eigenvalue weighted by atomic mass is 16.6. The fourth-order valence-electron chi connectivity index (χ4n) is 2.92. The van der Waals surface area contributed by atoms with Crippen LogP contribution in [0.3, 0.4) is 0 Å². The molecule has 138 valence electrons. The van der Waals surface area contributed by atoms with Crippen LogP contribution in [0.4, 0.5) is 4.79 Å².